The van der Waals surface area contributed by atoms with Crippen molar-refractivity contribution in [2.45, 2.75) is 56.4 Å². The van der Waals surface area contributed by atoms with Crippen LogP contribution in [-0.2, 0) is 28.3 Å². The van der Waals surface area contributed by atoms with Crippen LogP contribution in [0.3, 0.4) is 0 Å². The molecule has 0 aromatic heterocycles. The average Bonchev–Trinajstić information content (AvgIpc) is 3.12. The smallest absolute Gasteiger partial charge is 0.229 e. The summed E-state index contributed by atoms with van der Waals surface area (Å²) in [5, 5.41) is 0. The van der Waals surface area contributed by atoms with Gasteiger partial charge < -0.3 is 4.90 Å². The summed E-state index contributed by atoms with van der Waals surface area (Å²) in [6.45, 7) is 2.37. The summed E-state index contributed by atoms with van der Waals surface area (Å²) < 4.78 is 26.0. The first-order chi connectivity index (χ1) is 14.4. The van der Waals surface area contributed by atoms with Gasteiger partial charge in [-0.05, 0) is 85.2 Å². The lowest BCUT2D eigenvalue weighted by molar-refractivity contribution is 0.0411. The molecule has 4 nitrogen and oxygen atoms in total. The maximum absolute atomic E-state index is 11.7. The molecule has 1 aliphatic heterocycles. The van der Waals surface area contributed by atoms with Gasteiger partial charge in [-0.2, -0.15) is 0 Å². The van der Waals surface area contributed by atoms with E-state index in [0.29, 0.717) is 11.7 Å². The van der Waals surface area contributed by atoms with Gasteiger partial charge in [-0.3, -0.25) is 4.72 Å². The van der Waals surface area contributed by atoms with E-state index in [2.05, 4.69) is 46.0 Å². The lowest BCUT2D eigenvalue weighted by Gasteiger charge is -2.51. The zero-order valence-corrected chi connectivity index (χ0v) is 18.6. The predicted molar refractivity (Wildman–Crippen MR) is 122 cm³/mol. The van der Waals surface area contributed by atoms with Gasteiger partial charge in [0.05, 0.1) is 6.26 Å². The molecule has 1 heterocycles. The first-order valence-corrected chi connectivity index (χ1v) is 13.2. The molecule has 0 radical (unpaired) electrons. The van der Waals surface area contributed by atoms with Crippen molar-refractivity contribution in [1.29, 1.82) is 0 Å². The Morgan fingerprint density at radius 2 is 1.83 bits per heavy atom. The molecule has 2 unspecified atom stereocenters. The number of anilines is 1. The summed E-state index contributed by atoms with van der Waals surface area (Å²) in [4.78, 5) is 2.77. The Morgan fingerprint density at radius 1 is 1.07 bits per heavy atom. The van der Waals surface area contributed by atoms with Crippen molar-refractivity contribution < 1.29 is 8.42 Å². The molecule has 2 aliphatic carbocycles. The SMILES string of the molecule is CS(=O)(=O)Nc1cccc(C23CCCC(C2)N(CC2Cc4ccccc4C2)CC3)c1. The molecule has 1 saturated heterocycles. The Bertz CT molecular complexity index is 1010. The first kappa shape index (κ1) is 20.1. The first-order valence-electron chi connectivity index (χ1n) is 11.3. The molecule has 5 heteroatoms. The number of nitrogens with one attached hydrogen (secondary N) is 1. The van der Waals surface area contributed by atoms with Gasteiger partial charge in [0.25, 0.3) is 0 Å². The minimum Gasteiger partial charge on any atom is -0.300 e. The van der Waals surface area contributed by atoms with E-state index in [1.54, 1.807) is 11.1 Å². The molecule has 5 rings (SSSR count). The Balaban J connectivity index is 1.30. The highest BCUT2D eigenvalue weighted by molar-refractivity contribution is 7.92. The van der Waals surface area contributed by atoms with E-state index in [9.17, 15) is 8.42 Å². The number of hydrogen-bond donors (Lipinski definition) is 1. The van der Waals surface area contributed by atoms with Crippen LogP contribution in [0.4, 0.5) is 5.69 Å². The molecule has 2 bridgehead atoms. The van der Waals surface area contributed by atoms with Gasteiger partial charge in [-0.1, -0.05) is 42.8 Å². The van der Waals surface area contributed by atoms with Crippen LogP contribution >= 0.6 is 0 Å². The van der Waals surface area contributed by atoms with Crippen LogP contribution < -0.4 is 4.72 Å². The number of hydrogen-bond acceptors (Lipinski definition) is 3. The summed E-state index contributed by atoms with van der Waals surface area (Å²) in [6.07, 6.45) is 9.81. The van der Waals surface area contributed by atoms with E-state index >= 15 is 0 Å². The molecule has 3 aliphatic rings. The van der Waals surface area contributed by atoms with Gasteiger partial charge in [0.1, 0.15) is 0 Å². The minimum atomic E-state index is -3.25. The average molecular weight is 425 g/mol. The molecular weight excluding hydrogens is 392 g/mol. The van der Waals surface area contributed by atoms with Crippen LogP contribution in [0.1, 0.15) is 48.8 Å². The summed E-state index contributed by atoms with van der Waals surface area (Å²) in [5.74, 6) is 0.749. The monoisotopic (exact) mass is 424 g/mol. The number of nitrogens with zero attached hydrogens (tertiary/aromatic N) is 1. The molecule has 30 heavy (non-hydrogen) atoms. The summed E-state index contributed by atoms with van der Waals surface area (Å²) in [5.41, 5.74) is 5.31. The molecule has 2 fully saturated rings. The second-order valence-electron chi connectivity index (χ2n) is 9.77. The van der Waals surface area contributed by atoms with Crippen LogP contribution in [0.5, 0.6) is 0 Å². The fourth-order valence-corrected chi connectivity index (χ4v) is 6.85. The molecule has 0 spiro atoms. The maximum Gasteiger partial charge on any atom is 0.229 e. The van der Waals surface area contributed by atoms with Gasteiger partial charge in [0.15, 0.2) is 0 Å². The molecule has 1 N–H and O–H groups in total. The third kappa shape index (κ3) is 4.02. The van der Waals surface area contributed by atoms with Crippen LogP contribution in [-0.4, -0.2) is 38.7 Å². The van der Waals surface area contributed by atoms with Crippen molar-refractivity contribution in [1.82, 2.24) is 4.90 Å². The van der Waals surface area contributed by atoms with E-state index in [1.807, 2.05) is 12.1 Å². The largest absolute Gasteiger partial charge is 0.300 e. The normalized spacial score (nSPS) is 27.0. The quantitative estimate of drug-likeness (QED) is 0.776. The zero-order chi connectivity index (χ0) is 20.8. The Morgan fingerprint density at radius 3 is 2.57 bits per heavy atom. The van der Waals surface area contributed by atoms with E-state index in [4.69, 9.17) is 0 Å². The second-order valence-corrected chi connectivity index (χ2v) is 11.5. The van der Waals surface area contributed by atoms with E-state index in [-0.39, 0.29) is 5.41 Å². The highest BCUT2D eigenvalue weighted by Crippen LogP contribution is 2.47. The molecule has 1 saturated carbocycles. The fourth-order valence-electron chi connectivity index (χ4n) is 6.29. The number of rotatable bonds is 5. The molecule has 2 aromatic rings. The van der Waals surface area contributed by atoms with Gasteiger partial charge in [0, 0.05) is 18.3 Å². The van der Waals surface area contributed by atoms with E-state index < -0.39 is 10.0 Å². The minimum absolute atomic E-state index is 0.202. The van der Waals surface area contributed by atoms with E-state index in [1.165, 1.54) is 63.3 Å². The molecule has 160 valence electrons. The van der Waals surface area contributed by atoms with E-state index in [0.717, 1.165) is 12.5 Å². The topological polar surface area (TPSA) is 49.4 Å². The van der Waals surface area contributed by atoms with Crippen molar-refractivity contribution in [3.8, 4) is 0 Å². The highest BCUT2D eigenvalue weighted by Gasteiger charge is 2.44. The third-order valence-corrected chi connectivity index (χ3v) is 8.23. The molecule has 2 atom stereocenters. The van der Waals surface area contributed by atoms with Crippen molar-refractivity contribution in [3.05, 3.63) is 65.2 Å². The van der Waals surface area contributed by atoms with Crippen LogP contribution in [0.15, 0.2) is 48.5 Å². The Labute approximate surface area is 180 Å². The van der Waals surface area contributed by atoms with Crippen LogP contribution in [0.25, 0.3) is 0 Å². The third-order valence-electron chi connectivity index (χ3n) is 7.62. The number of sulfonamides is 1. The van der Waals surface area contributed by atoms with Crippen molar-refractivity contribution >= 4 is 15.7 Å². The van der Waals surface area contributed by atoms with Crippen molar-refractivity contribution in [3.63, 3.8) is 0 Å². The molecule has 2 aromatic carbocycles. The van der Waals surface area contributed by atoms with Crippen LogP contribution in [0.2, 0.25) is 0 Å². The number of piperidine rings is 1. The van der Waals surface area contributed by atoms with Crippen molar-refractivity contribution in [2.75, 3.05) is 24.1 Å². The van der Waals surface area contributed by atoms with Gasteiger partial charge in [-0.25, -0.2) is 8.42 Å². The summed E-state index contributed by atoms with van der Waals surface area (Å²) in [6, 6.07) is 17.7. The lowest BCUT2D eigenvalue weighted by atomic mass is 9.63. The summed E-state index contributed by atoms with van der Waals surface area (Å²) >= 11 is 0. The Hall–Kier alpha value is -1.85. The van der Waals surface area contributed by atoms with Gasteiger partial charge in [0.2, 0.25) is 10.0 Å². The molecular formula is C25H32N2O2S. The molecule has 0 amide bonds. The lowest BCUT2D eigenvalue weighted by Crippen LogP contribution is -2.52. The highest BCUT2D eigenvalue weighted by atomic mass is 32.2. The number of fused-ring (bicyclic) bond motifs is 3. The van der Waals surface area contributed by atoms with Crippen molar-refractivity contribution in [2.24, 2.45) is 5.92 Å². The standard InChI is InChI=1S/C25H32N2O2S/c1-30(28,29)26-23-9-4-8-22(16-23)25-11-5-10-24(17-25)27(13-12-25)18-19-14-20-6-2-3-7-21(20)15-19/h2-4,6-9,16,19,24,26H,5,10-15,17-18H2,1H3. The number of likely N-dealkylation sites (tertiary alicyclic amines) is 1. The Kier molecular flexibility index (Phi) is 5.14. The van der Waals surface area contributed by atoms with Gasteiger partial charge >= 0.3 is 0 Å². The number of benzene rings is 2. The summed E-state index contributed by atoms with van der Waals surface area (Å²) in [7, 11) is -3.25. The fraction of sp³-hybridized carbons (Fsp3) is 0.520. The van der Waals surface area contributed by atoms with Crippen LogP contribution in [0, 0.1) is 5.92 Å². The maximum atomic E-state index is 11.7. The second kappa shape index (κ2) is 7.69. The van der Waals surface area contributed by atoms with Gasteiger partial charge in [-0.15, -0.1) is 0 Å². The zero-order valence-electron chi connectivity index (χ0n) is 17.8. The predicted octanol–water partition coefficient (Wildman–Crippen LogP) is 4.36.